The van der Waals surface area contributed by atoms with Crippen LogP contribution in [-0.2, 0) is 10.0 Å². The highest BCUT2D eigenvalue weighted by Crippen LogP contribution is 2.06. The van der Waals surface area contributed by atoms with E-state index in [4.69, 9.17) is 0 Å². The minimum atomic E-state index is -3.07. The monoisotopic (exact) mass is 234 g/mol. The minimum absolute atomic E-state index is 0.0934. The van der Waals surface area contributed by atoms with E-state index in [0.717, 1.165) is 32.4 Å². The summed E-state index contributed by atoms with van der Waals surface area (Å²) in [7, 11) is -3.07. The summed E-state index contributed by atoms with van der Waals surface area (Å²) in [4.78, 5) is 0. The van der Waals surface area contributed by atoms with Gasteiger partial charge in [-0.25, -0.2) is 13.1 Å². The maximum absolute atomic E-state index is 11.7. The smallest absolute Gasteiger partial charge is 0.211 e. The number of rotatable bonds is 5. The van der Waals surface area contributed by atoms with Crippen molar-refractivity contribution in [2.75, 3.05) is 18.8 Å². The van der Waals surface area contributed by atoms with Crippen molar-refractivity contribution in [2.45, 2.75) is 39.2 Å². The highest BCUT2D eigenvalue weighted by Gasteiger charge is 2.19. The largest absolute Gasteiger partial charge is 0.315 e. The molecule has 90 valence electrons. The van der Waals surface area contributed by atoms with Gasteiger partial charge in [-0.3, -0.25) is 0 Å². The van der Waals surface area contributed by atoms with Gasteiger partial charge in [0.2, 0.25) is 10.0 Å². The third-order valence-electron chi connectivity index (χ3n) is 2.61. The van der Waals surface area contributed by atoms with E-state index >= 15 is 0 Å². The molecular formula is C10H22N2O2S. The number of piperidine rings is 1. The summed E-state index contributed by atoms with van der Waals surface area (Å²) in [5.74, 6) is 0.687. The van der Waals surface area contributed by atoms with Crippen molar-refractivity contribution in [1.29, 1.82) is 0 Å². The van der Waals surface area contributed by atoms with E-state index in [-0.39, 0.29) is 11.8 Å². The molecule has 1 heterocycles. The highest BCUT2D eigenvalue weighted by atomic mass is 32.2. The van der Waals surface area contributed by atoms with Crippen molar-refractivity contribution in [2.24, 2.45) is 5.92 Å². The van der Waals surface area contributed by atoms with Gasteiger partial charge in [0, 0.05) is 12.6 Å². The SMILES string of the molecule is CC(C)CCS(=O)(=O)NC1CCCNC1. The summed E-state index contributed by atoms with van der Waals surface area (Å²) in [6.45, 7) is 5.85. The first-order chi connectivity index (χ1) is 6.99. The average Bonchev–Trinajstić information content (AvgIpc) is 2.16. The summed E-state index contributed by atoms with van der Waals surface area (Å²) in [6.07, 6.45) is 2.74. The van der Waals surface area contributed by atoms with E-state index in [0.29, 0.717) is 5.92 Å². The second-order valence-corrected chi connectivity index (χ2v) is 6.54. The molecule has 1 rings (SSSR count). The fraction of sp³-hybridized carbons (Fsp3) is 1.00. The summed E-state index contributed by atoms with van der Waals surface area (Å²) >= 11 is 0. The molecule has 1 saturated heterocycles. The van der Waals surface area contributed by atoms with Gasteiger partial charge in [0.05, 0.1) is 5.75 Å². The van der Waals surface area contributed by atoms with Crippen LogP contribution in [0.2, 0.25) is 0 Å². The second kappa shape index (κ2) is 5.82. The van der Waals surface area contributed by atoms with Crippen molar-refractivity contribution < 1.29 is 8.42 Å². The number of sulfonamides is 1. The molecule has 1 aliphatic rings. The van der Waals surface area contributed by atoms with E-state index in [9.17, 15) is 8.42 Å². The average molecular weight is 234 g/mol. The molecule has 0 aromatic carbocycles. The molecule has 5 heteroatoms. The van der Waals surface area contributed by atoms with Crippen LogP contribution in [0.25, 0.3) is 0 Å². The number of hydrogen-bond acceptors (Lipinski definition) is 3. The van der Waals surface area contributed by atoms with Gasteiger partial charge >= 0.3 is 0 Å². The van der Waals surface area contributed by atoms with Crippen molar-refractivity contribution in [3.05, 3.63) is 0 Å². The molecule has 1 fully saturated rings. The van der Waals surface area contributed by atoms with Gasteiger partial charge in [-0.05, 0) is 31.7 Å². The quantitative estimate of drug-likeness (QED) is 0.736. The van der Waals surface area contributed by atoms with E-state index < -0.39 is 10.0 Å². The first-order valence-corrected chi connectivity index (χ1v) is 7.35. The Bertz CT molecular complexity index is 269. The number of hydrogen-bond donors (Lipinski definition) is 2. The molecule has 0 amide bonds. The first-order valence-electron chi connectivity index (χ1n) is 5.70. The van der Waals surface area contributed by atoms with Crippen molar-refractivity contribution in [3.8, 4) is 0 Å². The van der Waals surface area contributed by atoms with Gasteiger partial charge in [0.25, 0.3) is 0 Å². The van der Waals surface area contributed by atoms with Crippen LogP contribution in [-0.4, -0.2) is 33.3 Å². The molecule has 0 spiro atoms. The maximum atomic E-state index is 11.7. The molecule has 0 saturated carbocycles. The van der Waals surface area contributed by atoms with Crippen LogP contribution in [0.1, 0.15) is 33.1 Å². The Morgan fingerprint density at radius 2 is 2.20 bits per heavy atom. The predicted octanol–water partition coefficient (Wildman–Crippen LogP) is 0.704. The fourth-order valence-electron chi connectivity index (χ4n) is 1.66. The molecule has 1 atom stereocenters. The van der Waals surface area contributed by atoms with Crippen LogP contribution >= 0.6 is 0 Å². The van der Waals surface area contributed by atoms with Crippen LogP contribution in [0, 0.1) is 5.92 Å². The lowest BCUT2D eigenvalue weighted by molar-refractivity contribution is 0.427. The zero-order valence-electron chi connectivity index (χ0n) is 9.62. The Kier molecular flexibility index (Phi) is 5.02. The van der Waals surface area contributed by atoms with Crippen LogP contribution in [0.4, 0.5) is 0 Å². The lowest BCUT2D eigenvalue weighted by atomic mass is 10.1. The number of nitrogens with one attached hydrogen (secondary N) is 2. The van der Waals surface area contributed by atoms with E-state index in [2.05, 4.69) is 10.0 Å². The molecular weight excluding hydrogens is 212 g/mol. The van der Waals surface area contributed by atoms with E-state index in [1.807, 2.05) is 13.8 Å². The maximum Gasteiger partial charge on any atom is 0.211 e. The lowest BCUT2D eigenvalue weighted by Crippen LogP contribution is -2.46. The van der Waals surface area contributed by atoms with Gasteiger partial charge < -0.3 is 5.32 Å². The van der Waals surface area contributed by atoms with Crippen molar-refractivity contribution in [3.63, 3.8) is 0 Å². The minimum Gasteiger partial charge on any atom is -0.315 e. The topological polar surface area (TPSA) is 58.2 Å². The molecule has 0 aliphatic carbocycles. The molecule has 15 heavy (non-hydrogen) atoms. The van der Waals surface area contributed by atoms with Crippen molar-refractivity contribution in [1.82, 2.24) is 10.0 Å². The Morgan fingerprint density at radius 3 is 2.73 bits per heavy atom. The first kappa shape index (κ1) is 12.9. The molecule has 0 aromatic heterocycles. The van der Waals surface area contributed by atoms with Crippen LogP contribution in [0.15, 0.2) is 0 Å². The van der Waals surface area contributed by atoms with E-state index in [1.165, 1.54) is 0 Å². The molecule has 1 aliphatic heterocycles. The molecule has 4 nitrogen and oxygen atoms in total. The Labute approximate surface area is 92.9 Å². The molecule has 1 unspecified atom stereocenters. The standard InChI is InChI=1S/C10H22N2O2S/c1-9(2)5-7-15(13,14)12-10-4-3-6-11-8-10/h9-12H,3-8H2,1-2H3. The zero-order chi connectivity index (χ0) is 11.3. The van der Waals surface area contributed by atoms with Gasteiger partial charge in [0.1, 0.15) is 0 Å². The third kappa shape index (κ3) is 5.49. The van der Waals surface area contributed by atoms with Gasteiger partial charge in [0.15, 0.2) is 0 Å². The predicted molar refractivity (Wildman–Crippen MR) is 62.3 cm³/mol. The molecule has 0 radical (unpaired) electrons. The molecule has 2 N–H and O–H groups in total. The Morgan fingerprint density at radius 1 is 1.47 bits per heavy atom. The summed E-state index contributed by atoms with van der Waals surface area (Å²) in [6, 6.07) is 0.0934. The lowest BCUT2D eigenvalue weighted by Gasteiger charge is -2.23. The fourth-order valence-corrected chi connectivity index (χ4v) is 3.26. The van der Waals surface area contributed by atoms with Crippen molar-refractivity contribution >= 4 is 10.0 Å². The Balaban J connectivity index is 2.34. The molecule has 0 aromatic rings. The highest BCUT2D eigenvalue weighted by molar-refractivity contribution is 7.89. The summed E-state index contributed by atoms with van der Waals surface area (Å²) in [5, 5.41) is 3.20. The molecule has 0 bridgehead atoms. The zero-order valence-corrected chi connectivity index (χ0v) is 10.4. The third-order valence-corrected chi connectivity index (χ3v) is 4.07. The summed E-state index contributed by atoms with van der Waals surface area (Å²) in [5.41, 5.74) is 0. The van der Waals surface area contributed by atoms with Crippen LogP contribution in [0.5, 0.6) is 0 Å². The van der Waals surface area contributed by atoms with Gasteiger partial charge in [-0.2, -0.15) is 0 Å². The van der Waals surface area contributed by atoms with Crippen LogP contribution in [0.3, 0.4) is 0 Å². The van der Waals surface area contributed by atoms with Crippen LogP contribution < -0.4 is 10.0 Å². The van der Waals surface area contributed by atoms with Gasteiger partial charge in [-0.15, -0.1) is 0 Å². The normalized spacial score (nSPS) is 23.3. The summed E-state index contributed by atoms with van der Waals surface area (Å²) < 4.78 is 26.1. The Hall–Kier alpha value is -0.130. The van der Waals surface area contributed by atoms with Gasteiger partial charge in [-0.1, -0.05) is 13.8 Å². The second-order valence-electron chi connectivity index (χ2n) is 4.66. The van der Waals surface area contributed by atoms with E-state index in [1.54, 1.807) is 0 Å².